The van der Waals surface area contributed by atoms with Crippen LogP contribution in [0.5, 0.6) is 0 Å². The summed E-state index contributed by atoms with van der Waals surface area (Å²) < 4.78 is 10.4. The van der Waals surface area contributed by atoms with Crippen LogP contribution in [0.25, 0.3) is 0 Å². The van der Waals surface area contributed by atoms with Crippen molar-refractivity contribution in [2.45, 2.75) is 18.9 Å². The van der Waals surface area contributed by atoms with Gasteiger partial charge in [-0.2, -0.15) is 0 Å². The van der Waals surface area contributed by atoms with Crippen molar-refractivity contribution in [2.24, 2.45) is 5.41 Å². The van der Waals surface area contributed by atoms with E-state index in [9.17, 15) is 14.7 Å². The van der Waals surface area contributed by atoms with Crippen LogP contribution in [0, 0.1) is 5.41 Å². The Morgan fingerprint density at radius 1 is 1.61 bits per heavy atom. The number of carboxylic acids is 1. The first kappa shape index (κ1) is 12.9. The van der Waals surface area contributed by atoms with Crippen LogP contribution in [-0.4, -0.2) is 54.5 Å². The van der Waals surface area contributed by atoms with Gasteiger partial charge in [0.1, 0.15) is 12.0 Å². The lowest BCUT2D eigenvalue weighted by Gasteiger charge is -2.33. The Bertz CT molecular complexity index is 369. The summed E-state index contributed by atoms with van der Waals surface area (Å²) in [4.78, 5) is 24.6. The quantitative estimate of drug-likeness (QED) is 0.757. The molecule has 1 amide bonds. The number of carbonyl (C=O) groups is 2. The zero-order valence-electron chi connectivity index (χ0n) is 10.1. The molecule has 0 unspecified atom stereocenters. The number of fused-ring (bicyclic) bond motifs is 1. The van der Waals surface area contributed by atoms with E-state index in [1.165, 1.54) is 11.0 Å². The van der Waals surface area contributed by atoms with Gasteiger partial charge in [0.2, 0.25) is 0 Å². The second-order valence-corrected chi connectivity index (χ2v) is 4.67. The van der Waals surface area contributed by atoms with E-state index >= 15 is 0 Å². The number of hydrogen-bond acceptors (Lipinski definition) is 4. The van der Waals surface area contributed by atoms with Gasteiger partial charge in [0.15, 0.2) is 0 Å². The van der Waals surface area contributed by atoms with E-state index in [1.54, 1.807) is 0 Å². The molecule has 2 saturated heterocycles. The Kier molecular flexibility index (Phi) is 3.56. The number of rotatable bonds is 3. The maximum absolute atomic E-state index is 11.7. The fraction of sp³-hybridized carbons (Fsp3) is 0.667. The maximum Gasteiger partial charge on any atom is 0.410 e. The van der Waals surface area contributed by atoms with Gasteiger partial charge in [0.25, 0.3) is 0 Å². The summed E-state index contributed by atoms with van der Waals surface area (Å²) in [5.41, 5.74) is -0.967. The van der Waals surface area contributed by atoms with E-state index in [-0.39, 0.29) is 19.7 Å². The molecule has 0 aliphatic carbocycles. The highest BCUT2D eigenvalue weighted by Crippen LogP contribution is 2.40. The van der Waals surface area contributed by atoms with Crippen molar-refractivity contribution in [3.63, 3.8) is 0 Å². The highest BCUT2D eigenvalue weighted by molar-refractivity contribution is 5.79. The van der Waals surface area contributed by atoms with Gasteiger partial charge in [-0.25, -0.2) is 4.79 Å². The fourth-order valence-corrected chi connectivity index (χ4v) is 2.62. The van der Waals surface area contributed by atoms with E-state index in [4.69, 9.17) is 9.47 Å². The van der Waals surface area contributed by atoms with E-state index < -0.39 is 23.6 Å². The van der Waals surface area contributed by atoms with Crippen LogP contribution in [0.3, 0.4) is 0 Å². The summed E-state index contributed by atoms with van der Waals surface area (Å²) in [5.74, 6) is -0.897. The van der Waals surface area contributed by atoms with Crippen molar-refractivity contribution < 1.29 is 24.2 Å². The van der Waals surface area contributed by atoms with E-state index in [1.807, 2.05) is 0 Å². The molecule has 0 bridgehead atoms. The number of likely N-dealkylation sites (tertiary alicyclic amines) is 1. The Balaban J connectivity index is 2.09. The van der Waals surface area contributed by atoms with Crippen LogP contribution in [0.15, 0.2) is 12.7 Å². The van der Waals surface area contributed by atoms with Gasteiger partial charge in [-0.05, 0) is 12.8 Å². The average Bonchev–Trinajstić information content (AvgIpc) is 2.76. The lowest BCUT2D eigenvalue weighted by atomic mass is 9.79. The van der Waals surface area contributed by atoms with Gasteiger partial charge in [-0.3, -0.25) is 4.79 Å². The van der Waals surface area contributed by atoms with Crippen molar-refractivity contribution >= 4 is 12.1 Å². The topological polar surface area (TPSA) is 76.1 Å². The number of nitrogens with zero attached hydrogens (tertiary/aromatic N) is 1. The normalized spacial score (nSPS) is 30.7. The predicted molar refractivity (Wildman–Crippen MR) is 62.2 cm³/mol. The molecule has 2 heterocycles. The van der Waals surface area contributed by atoms with Crippen molar-refractivity contribution in [2.75, 3.05) is 26.3 Å². The molecule has 2 aliphatic rings. The van der Waals surface area contributed by atoms with Crippen molar-refractivity contribution in [1.82, 2.24) is 4.90 Å². The van der Waals surface area contributed by atoms with Gasteiger partial charge in [-0.1, -0.05) is 12.7 Å². The van der Waals surface area contributed by atoms with Crippen molar-refractivity contribution in [3.05, 3.63) is 12.7 Å². The van der Waals surface area contributed by atoms with Crippen LogP contribution in [0.4, 0.5) is 4.79 Å². The minimum Gasteiger partial charge on any atom is -0.481 e. The van der Waals surface area contributed by atoms with Crippen LogP contribution in [-0.2, 0) is 14.3 Å². The second kappa shape index (κ2) is 4.97. The van der Waals surface area contributed by atoms with Gasteiger partial charge in [0.05, 0.1) is 12.6 Å². The molecule has 6 heteroatoms. The standard InChI is InChI=1S/C12H17NO5/c1-2-5-18-11(16)13-7-9-12(8-13,10(14)15)4-3-6-17-9/h2,9H,1,3-8H2,(H,14,15)/t9-,12-/m1/s1. The SMILES string of the molecule is C=CCOC(=O)N1C[C@H]2OCCC[C@@]2(C(=O)O)C1. The monoisotopic (exact) mass is 255 g/mol. The number of carbonyl (C=O) groups excluding carboxylic acids is 1. The highest BCUT2D eigenvalue weighted by atomic mass is 16.6. The van der Waals surface area contributed by atoms with Crippen LogP contribution in [0.1, 0.15) is 12.8 Å². The second-order valence-electron chi connectivity index (χ2n) is 4.67. The number of ether oxygens (including phenoxy) is 2. The van der Waals surface area contributed by atoms with E-state index in [0.29, 0.717) is 19.4 Å². The third kappa shape index (κ3) is 2.08. The first-order valence-corrected chi connectivity index (χ1v) is 5.98. The van der Waals surface area contributed by atoms with Crippen LogP contribution >= 0.6 is 0 Å². The van der Waals surface area contributed by atoms with Crippen LogP contribution < -0.4 is 0 Å². The molecule has 0 aromatic carbocycles. The number of carboxylic acid groups (broad SMARTS) is 1. The molecule has 0 aromatic heterocycles. The molecule has 0 spiro atoms. The molecule has 0 radical (unpaired) electrons. The van der Waals surface area contributed by atoms with Gasteiger partial charge in [0, 0.05) is 13.2 Å². The summed E-state index contributed by atoms with van der Waals surface area (Å²) in [5, 5.41) is 9.40. The molecule has 2 aliphatic heterocycles. The number of amides is 1. The lowest BCUT2D eigenvalue weighted by Crippen LogP contribution is -2.46. The molecular formula is C12H17NO5. The van der Waals surface area contributed by atoms with Gasteiger partial charge < -0.3 is 19.5 Å². The molecular weight excluding hydrogens is 238 g/mol. The molecule has 6 nitrogen and oxygen atoms in total. The summed E-state index contributed by atoms with van der Waals surface area (Å²) in [7, 11) is 0. The number of hydrogen-bond donors (Lipinski definition) is 1. The summed E-state index contributed by atoms with van der Waals surface area (Å²) >= 11 is 0. The Hall–Kier alpha value is -1.56. The predicted octanol–water partition coefficient (Wildman–Crippen LogP) is 0.875. The molecule has 0 aromatic rings. The summed E-state index contributed by atoms with van der Waals surface area (Å²) in [6, 6.07) is 0. The summed E-state index contributed by atoms with van der Waals surface area (Å²) in [6.07, 6.45) is 1.79. The highest BCUT2D eigenvalue weighted by Gasteiger charge is 2.55. The smallest absolute Gasteiger partial charge is 0.410 e. The Morgan fingerprint density at radius 2 is 2.39 bits per heavy atom. The minimum absolute atomic E-state index is 0.126. The third-order valence-electron chi connectivity index (χ3n) is 3.57. The number of aliphatic carboxylic acids is 1. The van der Waals surface area contributed by atoms with E-state index in [0.717, 1.165) is 0 Å². The Labute approximate surface area is 105 Å². The van der Waals surface area contributed by atoms with Crippen molar-refractivity contribution in [1.29, 1.82) is 0 Å². The van der Waals surface area contributed by atoms with Gasteiger partial charge in [-0.15, -0.1) is 0 Å². The molecule has 2 atom stereocenters. The molecule has 2 rings (SSSR count). The minimum atomic E-state index is -0.967. The molecule has 2 fully saturated rings. The van der Waals surface area contributed by atoms with Crippen molar-refractivity contribution in [3.8, 4) is 0 Å². The molecule has 100 valence electrons. The fourth-order valence-electron chi connectivity index (χ4n) is 2.62. The molecule has 18 heavy (non-hydrogen) atoms. The first-order chi connectivity index (χ1) is 8.60. The lowest BCUT2D eigenvalue weighted by molar-refractivity contribution is -0.161. The molecule has 0 saturated carbocycles. The zero-order valence-corrected chi connectivity index (χ0v) is 10.1. The Morgan fingerprint density at radius 3 is 3.00 bits per heavy atom. The van der Waals surface area contributed by atoms with E-state index in [2.05, 4.69) is 6.58 Å². The van der Waals surface area contributed by atoms with Crippen LogP contribution in [0.2, 0.25) is 0 Å². The molecule has 1 N–H and O–H groups in total. The van der Waals surface area contributed by atoms with Gasteiger partial charge >= 0.3 is 12.1 Å². The third-order valence-corrected chi connectivity index (χ3v) is 3.57. The zero-order chi connectivity index (χ0) is 13.2. The first-order valence-electron chi connectivity index (χ1n) is 5.98. The summed E-state index contributed by atoms with van der Waals surface area (Å²) in [6.45, 7) is 4.57. The largest absolute Gasteiger partial charge is 0.481 e. The maximum atomic E-state index is 11.7. The average molecular weight is 255 g/mol.